The van der Waals surface area contributed by atoms with E-state index in [-0.39, 0.29) is 13.2 Å². The van der Waals surface area contributed by atoms with Crippen LogP contribution in [0.5, 0.6) is 0 Å². The van der Waals surface area contributed by atoms with Gasteiger partial charge in [0.15, 0.2) is 0 Å². The zero-order chi connectivity index (χ0) is 8.53. The number of unbranched alkanes of at least 4 members (excludes halogenated alkanes) is 2. The standard InChI is InChI=1S/C8H17O3/c9-6-3-1-2-4-8(11)5-7-10/h8-9,11H,1-7H2. The van der Waals surface area contributed by atoms with E-state index in [1.165, 1.54) is 0 Å². The molecule has 0 aromatic heterocycles. The second-order valence-corrected chi connectivity index (χ2v) is 2.72. The molecule has 0 saturated carbocycles. The van der Waals surface area contributed by atoms with E-state index in [1.807, 2.05) is 0 Å². The van der Waals surface area contributed by atoms with Gasteiger partial charge in [0.25, 0.3) is 0 Å². The van der Waals surface area contributed by atoms with Crippen LogP contribution in [0, 0.1) is 0 Å². The Kier molecular flexibility index (Phi) is 7.89. The molecule has 2 N–H and O–H groups in total. The van der Waals surface area contributed by atoms with Crippen LogP contribution in [0.4, 0.5) is 0 Å². The van der Waals surface area contributed by atoms with Crippen LogP contribution >= 0.6 is 0 Å². The van der Waals surface area contributed by atoms with Crippen molar-refractivity contribution in [3.05, 3.63) is 0 Å². The third-order valence-corrected chi connectivity index (χ3v) is 1.65. The highest BCUT2D eigenvalue weighted by molar-refractivity contribution is 4.54. The molecule has 0 amide bonds. The zero-order valence-electron chi connectivity index (χ0n) is 6.83. The van der Waals surface area contributed by atoms with Gasteiger partial charge in [0.1, 0.15) is 0 Å². The Morgan fingerprint density at radius 1 is 1.09 bits per heavy atom. The molecule has 0 rings (SSSR count). The van der Waals surface area contributed by atoms with E-state index in [0.29, 0.717) is 12.8 Å². The fraction of sp³-hybridized carbons (Fsp3) is 1.00. The van der Waals surface area contributed by atoms with Gasteiger partial charge in [-0.25, -0.2) is 5.11 Å². The van der Waals surface area contributed by atoms with Gasteiger partial charge < -0.3 is 10.2 Å². The maximum Gasteiger partial charge on any atom is 0.0846 e. The van der Waals surface area contributed by atoms with Crippen molar-refractivity contribution >= 4 is 0 Å². The molecule has 0 heterocycles. The molecule has 0 aliphatic carbocycles. The fourth-order valence-electron chi connectivity index (χ4n) is 0.949. The van der Waals surface area contributed by atoms with E-state index in [4.69, 9.17) is 10.2 Å². The molecular weight excluding hydrogens is 144 g/mol. The maximum absolute atomic E-state index is 10.0. The smallest absolute Gasteiger partial charge is 0.0846 e. The average Bonchev–Trinajstić information content (AvgIpc) is 1.99. The first-order valence-electron chi connectivity index (χ1n) is 4.18. The van der Waals surface area contributed by atoms with Crippen LogP contribution in [-0.4, -0.2) is 29.5 Å². The van der Waals surface area contributed by atoms with Gasteiger partial charge in [-0.15, -0.1) is 0 Å². The molecule has 3 heteroatoms. The molecule has 0 fully saturated rings. The minimum atomic E-state index is -0.425. The SMILES string of the molecule is [O]CCC(O)CCCCCO. The minimum Gasteiger partial charge on any atom is -0.396 e. The summed E-state index contributed by atoms with van der Waals surface area (Å²) < 4.78 is 0. The van der Waals surface area contributed by atoms with Crippen LogP contribution in [0.1, 0.15) is 32.1 Å². The van der Waals surface area contributed by atoms with Crippen LogP contribution in [0.25, 0.3) is 0 Å². The number of aliphatic hydroxyl groups is 2. The maximum atomic E-state index is 10.0. The zero-order valence-corrected chi connectivity index (χ0v) is 6.83. The van der Waals surface area contributed by atoms with E-state index in [2.05, 4.69) is 0 Å². The van der Waals surface area contributed by atoms with Crippen LogP contribution in [0.2, 0.25) is 0 Å². The Balaban J connectivity index is 2.97. The summed E-state index contributed by atoms with van der Waals surface area (Å²) >= 11 is 0. The lowest BCUT2D eigenvalue weighted by molar-refractivity contribution is 0.0962. The molecule has 3 nitrogen and oxygen atoms in total. The van der Waals surface area contributed by atoms with Gasteiger partial charge in [-0.2, -0.15) is 0 Å². The summed E-state index contributed by atoms with van der Waals surface area (Å²) in [5, 5.41) is 27.5. The third kappa shape index (κ3) is 7.78. The quantitative estimate of drug-likeness (QED) is 0.540. The summed E-state index contributed by atoms with van der Waals surface area (Å²) in [5.74, 6) is 0. The molecule has 0 aromatic rings. The summed E-state index contributed by atoms with van der Waals surface area (Å²) in [6.45, 7) is 0.0266. The lowest BCUT2D eigenvalue weighted by Gasteiger charge is -2.06. The van der Waals surface area contributed by atoms with Crippen molar-refractivity contribution in [1.29, 1.82) is 0 Å². The number of aliphatic hydroxyl groups excluding tert-OH is 2. The largest absolute Gasteiger partial charge is 0.396 e. The predicted molar refractivity (Wildman–Crippen MR) is 41.7 cm³/mol. The summed E-state index contributed by atoms with van der Waals surface area (Å²) in [5.41, 5.74) is 0. The first-order valence-corrected chi connectivity index (χ1v) is 4.18. The first kappa shape index (κ1) is 10.9. The number of hydrogen-bond acceptors (Lipinski definition) is 2. The van der Waals surface area contributed by atoms with E-state index in [0.717, 1.165) is 19.3 Å². The normalized spacial score (nSPS) is 13.4. The van der Waals surface area contributed by atoms with Crippen molar-refractivity contribution in [1.82, 2.24) is 0 Å². The number of rotatable bonds is 7. The summed E-state index contributed by atoms with van der Waals surface area (Å²) in [6.07, 6.45) is 3.27. The van der Waals surface area contributed by atoms with Crippen molar-refractivity contribution in [2.24, 2.45) is 0 Å². The molecule has 0 aromatic carbocycles. The predicted octanol–water partition coefficient (Wildman–Crippen LogP) is 0.721. The molecule has 0 spiro atoms. The van der Waals surface area contributed by atoms with Gasteiger partial charge in [-0.3, -0.25) is 0 Å². The van der Waals surface area contributed by atoms with Gasteiger partial charge in [-0.1, -0.05) is 12.8 Å². The topological polar surface area (TPSA) is 60.4 Å². The van der Waals surface area contributed by atoms with Gasteiger partial charge in [0.2, 0.25) is 0 Å². The molecule has 0 bridgehead atoms. The highest BCUT2D eigenvalue weighted by atomic mass is 16.3. The summed E-state index contributed by atoms with van der Waals surface area (Å²) in [4.78, 5) is 0. The lowest BCUT2D eigenvalue weighted by Crippen LogP contribution is -2.07. The molecule has 1 atom stereocenters. The van der Waals surface area contributed by atoms with Crippen LogP contribution in [0.15, 0.2) is 0 Å². The van der Waals surface area contributed by atoms with E-state index in [9.17, 15) is 5.11 Å². The molecule has 11 heavy (non-hydrogen) atoms. The van der Waals surface area contributed by atoms with Crippen LogP contribution in [-0.2, 0) is 5.11 Å². The Morgan fingerprint density at radius 2 is 1.82 bits per heavy atom. The van der Waals surface area contributed by atoms with Gasteiger partial charge in [0, 0.05) is 6.61 Å². The highest BCUT2D eigenvalue weighted by Crippen LogP contribution is 2.05. The van der Waals surface area contributed by atoms with E-state index >= 15 is 0 Å². The lowest BCUT2D eigenvalue weighted by atomic mass is 10.1. The Morgan fingerprint density at radius 3 is 2.36 bits per heavy atom. The van der Waals surface area contributed by atoms with Crippen molar-refractivity contribution < 1.29 is 15.3 Å². The Bertz CT molecular complexity index is 75.7. The monoisotopic (exact) mass is 161 g/mol. The molecule has 0 aliphatic heterocycles. The second-order valence-electron chi connectivity index (χ2n) is 2.72. The van der Waals surface area contributed by atoms with Crippen molar-refractivity contribution in [3.63, 3.8) is 0 Å². The molecule has 1 unspecified atom stereocenters. The van der Waals surface area contributed by atoms with Gasteiger partial charge in [0.05, 0.1) is 12.7 Å². The molecule has 1 radical (unpaired) electrons. The summed E-state index contributed by atoms with van der Waals surface area (Å²) in [6, 6.07) is 0. The van der Waals surface area contributed by atoms with Crippen molar-refractivity contribution in [3.8, 4) is 0 Å². The van der Waals surface area contributed by atoms with Gasteiger partial charge >= 0.3 is 0 Å². The molecular formula is C8H17O3. The number of hydrogen-bond donors (Lipinski definition) is 2. The van der Waals surface area contributed by atoms with Crippen molar-refractivity contribution in [2.75, 3.05) is 13.2 Å². The van der Waals surface area contributed by atoms with E-state index < -0.39 is 6.10 Å². The molecule has 0 saturated heterocycles. The second kappa shape index (κ2) is 7.98. The fourth-order valence-corrected chi connectivity index (χ4v) is 0.949. The summed E-state index contributed by atoms with van der Waals surface area (Å²) in [7, 11) is 0. The first-order chi connectivity index (χ1) is 5.31. The average molecular weight is 161 g/mol. The molecule has 0 aliphatic rings. The molecule has 67 valence electrons. The van der Waals surface area contributed by atoms with Gasteiger partial charge in [-0.05, 0) is 19.3 Å². The Labute approximate surface area is 67.7 Å². The Hall–Kier alpha value is -0.120. The third-order valence-electron chi connectivity index (χ3n) is 1.65. The van der Waals surface area contributed by atoms with Crippen molar-refractivity contribution in [2.45, 2.75) is 38.2 Å². The highest BCUT2D eigenvalue weighted by Gasteiger charge is 2.01. The minimum absolute atomic E-state index is 0.193. The van der Waals surface area contributed by atoms with E-state index in [1.54, 1.807) is 0 Å². The van der Waals surface area contributed by atoms with Crippen LogP contribution < -0.4 is 0 Å². The van der Waals surface area contributed by atoms with Crippen LogP contribution in [0.3, 0.4) is 0 Å².